The van der Waals surface area contributed by atoms with Crippen LogP contribution in [0.5, 0.6) is 0 Å². The lowest BCUT2D eigenvalue weighted by atomic mass is 10.1. The van der Waals surface area contributed by atoms with Gasteiger partial charge in [0.1, 0.15) is 5.69 Å². The van der Waals surface area contributed by atoms with Gasteiger partial charge in [-0.1, -0.05) is 11.6 Å². The molecule has 0 aliphatic heterocycles. The zero-order valence-electron chi connectivity index (χ0n) is 9.47. The molecule has 1 aromatic rings. The second-order valence-electron chi connectivity index (χ2n) is 3.39. The van der Waals surface area contributed by atoms with E-state index in [1.54, 1.807) is 6.92 Å². The molecule has 0 aromatic carbocycles. The van der Waals surface area contributed by atoms with Gasteiger partial charge in [-0.25, -0.2) is 8.78 Å². The van der Waals surface area contributed by atoms with Crippen LogP contribution in [0.25, 0.3) is 0 Å². The molecule has 0 radical (unpaired) electrons. The highest BCUT2D eigenvalue weighted by Crippen LogP contribution is 2.26. The third kappa shape index (κ3) is 3.63. The number of carbonyl (C=O) groups is 1. The van der Waals surface area contributed by atoms with Crippen LogP contribution in [-0.4, -0.2) is 17.6 Å². The zero-order chi connectivity index (χ0) is 13.0. The number of esters is 1. The van der Waals surface area contributed by atoms with Gasteiger partial charge in [0, 0.05) is 5.02 Å². The Kier molecular flexibility index (Phi) is 4.81. The van der Waals surface area contributed by atoms with Crippen molar-refractivity contribution in [3.8, 4) is 0 Å². The maximum atomic E-state index is 12.6. The molecule has 0 aliphatic carbocycles. The van der Waals surface area contributed by atoms with Crippen LogP contribution < -0.4 is 0 Å². The molecule has 3 nitrogen and oxygen atoms in total. The van der Waals surface area contributed by atoms with Crippen molar-refractivity contribution in [1.82, 2.24) is 4.98 Å². The smallest absolute Gasteiger partial charge is 0.311 e. The zero-order valence-corrected chi connectivity index (χ0v) is 10.2. The molecule has 6 heteroatoms. The van der Waals surface area contributed by atoms with Crippen LogP contribution in [0, 0.1) is 6.92 Å². The van der Waals surface area contributed by atoms with Crippen molar-refractivity contribution in [3.05, 3.63) is 28.0 Å². The summed E-state index contributed by atoms with van der Waals surface area (Å²) in [6.07, 6.45) is -2.87. The lowest BCUT2D eigenvalue weighted by Gasteiger charge is -2.09. The van der Waals surface area contributed by atoms with Crippen LogP contribution in [-0.2, 0) is 16.0 Å². The van der Waals surface area contributed by atoms with Crippen molar-refractivity contribution >= 4 is 17.6 Å². The summed E-state index contributed by atoms with van der Waals surface area (Å²) in [5.41, 5.74) is 0.0282. The number of pyridine rings is 1. The van der Waals surface area contributed by atoms with Gasteiger partial charge < -0.3 is 4.74 Å². The first-order valence-electron chi connectivity index (χ1n) is 5.05. The Balaban J connectivity index is 2.98. The fraction of sp³-hybridized carbons (Fsp3) is 0.455. The maximum absolute atomic E-state index is 12.6. The highest BCUT2D eigenvalue weighted by molar-refractivity contribution is 6.31. The molecule has 0 aliphatic rings. The first-order valence-corrected chi connectivity index (χ1v) is 5.43. The summed E-state index contributed by atoms with van der Waals surface area (Å²) in [6, 6.07) is 1.40. The number of aromatic nitrogens is 1. The van der Waals surface area contributed by atoms with Crippen LogP contribution >= 0.6 is 11.6 Å². The Morgan fingerprint density at radius 2 is 2.24 bits per heavy atom. The number of rotatable bonds is 4. The van der Waals surface area contributed by atoms with Crippen LogP contribution in [0.15, 0.2) is 6.07 Å². The number of nitrogens with zero attached hydrogens (tertiary/aromatic N) is 1. The average Bonchev–Trinajstić information content (AvgIpc) is 2.23. The molecule has 0 saturated heterocycles. The number of carbonyl (C=O) groups excluding carboxylic acids is 1. The minimum atomic E-state index is -2.71. The number of hydrogen-bond acceptors (Lipinski definition) is 3. The second kappa shape index (κ2) is 5.91. The lowest BCUT2D eigenvalue weighted by molar-refractivity contribution is -0.142. The Hall–Kier alpha value is -1.23. The summed E-state index contributed by atoms with van der Waals surface area (Å²) < 4.78 is 30.0. The summed E-state index contributed by atoms with van der Waals surface area (Å²) in [5.74, 6) is -0.514. The fourth-order valence-corrected chi connectivity index (χ4v) is 1.53. The van der Waals surface area contributed by atoms with E-state index in [1.165, 1.54) is 13.0 Å². The van der Waals surface area contributed by atoms with E-state index in [1.807, 2.05) is 0 Å². The standard InChI is InChI=1S/C11H12ClF2NO2/c1-3-17-9(16)5-7-4-8(12)6(2)10(15-7)11(13)14/h4,11H,3,5H2,1-2H3. The molecule has 0 fully saturated rings. The summed E-state index contributed by atoms with van der Waals surface area (Å²) in [4.78, 5) is 14.9. The molecule has 1 aromatic heterocycles. The van der Waals surface area contributed by atoms with E-state index in [0.29, 0.717) is 0 Å². The molecule has 0 bridgehead atoms. The second-order valence-corrected chi connectivity index (χ2v) is 3.80. The van der Waals surface area contributed by atoms with Gasteiger partial charge in [-0.05, 0) is 25.5 Å². The van der Waals surface area contributed by atoms with Crippen molar-refractivity contribution < 1.29 is 18.3 Å². The summed E-state index contributed by atoms with van der Waals surface area (Å²) >= 11 is 5.80. The van der Waals surface area contributed by atoms with Crippen LogP contribution in [0.2, 0.25) is 5.02 Å². The molecule has 94 valence electrons. The molecule has 0 saturated carbocycles. The number of ether oxygens (including phenoxy) is 1. The van der Waals surface area contributed by atoms with Gasteiger partial charge in [-0.2, -0.15) is 0 Å². The van der Waals surface area contributed by atoms with Gasteiger partial charge in [0.2, 0.25) is 0 Å². The Bertz CT molecular complexity index is 424. The highest BCUT2D eigenvalue weighted by Gasteiger charge is 2.17. The Labute approximate surface area is 103 Å². The first kappa shape index (κ1) is 13.8. The number of hydrogen-bond donors (Lipinski definition) is 0. The van der Waals surface area contributed by atoms with Crippen molar-refractivity contribution in [2.24, 2.45) is 0 Å². The largest absolute Gasteiger partial charge is 0.466 e. The van der Waals surface area contributed by atoms with Gasteiger partial charge in [0.15, 0.2) is 0 Å². The molecular formula is C11H12ClF2NO2. The van der Waals surface area contributed by atoms with E-state index in [4.69, 9.17) is 16.3 Å². The molecule has 1 rings (SSSR count). The molecular weight excluding hydrogens is 252 g/mol. The van der Waals surface area contributed by atoms with Gasteiger partial charge in [0.25, 0.3) is 6.43 Å². The van der Waals surface area contributed by atoms with E-state index in [0.717, 1.165) is 0 Å². The number of alkyl halides is 2. The maximum Gasteiger partial charge on any atom is 0.311 e. The SMILES string of the molecule is CCOC(=O)Cc1cc(Cl)c(C)c(C(F)F)n1. The van der Waals surface area contributed by atoms with Gasteiger partial charge in [-0.15, -0.1) is 0 Å². The summed E-state index contributed by atoms with van der Waals surface area (Å²) in [6.45, 7) is 3.36. The Morgan fingerprint density at radius 3 is 2.76 bits per heavy atom. The summed E-state index contributed by atoms with van der Waals surface area (Å²) in [5, 5.41) is 0.176. The minimum Gasteiger partial charge on any atom is -0.466 e. The van der Waals surface area contributed by atoms with Crippen molar-refractivity contribution in [2.75, 3.05) is 6.61 Å². The monoisotopic (exact) mass is 263 g/mol. The van der Waals surface area contributed by atoms with Crippen molar-refractivity contribution in [1.29, 1.82) is 0 Å². The molecule has 0 N–H and O–H groups in total. The average molecular weight is 264 g/mol. The molecule has 0 unspecified atom stereocenters. The predicted molar refractivity (Wildman–Crippen MR) is 59.3 cm³/mol. The topological polar surface area (TPSA) is 39.2 Å². The molecule has 0 atom stereocenters. The van der Waals surface area contributed by atoms with E-state index in [2.05, 4.69) is 4.98 Å². The number of halogens is 3. The summed E-state index contributed by atoms with van der Waals surface area (Å²) in [7, 11) is 0. The third-order valence-electron chi connectivity index (χ3n) is 2.14. The molecule has 17 heavy (non-hydrogen) atoms. The van der Waals surface area contributed by atoms with E-state index < -0.39 is 18.1 Å². The molecule has 0 amide bonds. The van der Waals surface area contributed by atoms with Crippen LogP contribution in [0.3, 0.4) is 0 Å². The van der Waals surface area contributed by atoms with Crippen molar-refractivity contribution in [2.45, 2.75) is 26.7 Å². The third-order valence-corrected chi connectivity index (χ3v) is 2.53. The Morgan fingerprint density at radius 1 is 1.59 bits per heavy atom. The quantitative estimate of drug-likeness (QED) is 0.784. The molecule has 1 heterocycles. The predicted octanol–water partition coefficient (Wildman–Crippen LogP) is 3.09. The van der Waals surface area contributed by atoms with E-state index in [-0.39, 0.29) is 29.3 Å². The minimum absolute atomic E-state index is 0.159. The van der Waals surface area contributed by atoms with Gasteiger partial charge in [0.05, 0.1) is 18.7 Å². The van der Waals surface area contributed by atoms with Crippen LogP contribution in [0.4, 0.5) is 8.78 Å². The van der Waals surface area contributed by atoms with E-state index in [9.17, 15) is 13.6 Å². The van der Waals surface area contributed by atoms with Crippen LogP contribution in [0.1, 0.15) is 30.3 Å². The fourth-order valence-electron chi connectivity index (χ4n) is 1.31. The van der Waals surface area contributed by atoms with Gasteiger partial charge >= 0.3 is 5.97 Å². The molecule has 0 spiro atoms. The lowest BCUT2D eigenvalue weighted by Crippen LogP contribution is -2.10. The van der Waals surface area contributed by atoms with Crippen molar-refractivity contribution in [3.63, 3.8) is 0 Å². The first-order chi connectivity index (χ1) is 7.95. The highest BCUT2D eigenvalue weighted by atomic mass is 35.5. The normalized spacial score (nSPS) is 10.7. The van der Waals surface area contributed by atoms with E-state index >= 15 is 0 Å². The van der Waals surface area contributed by atoms with Gasteiger partial charge in [-0.3, -0.25) is 9.78 Å².